The molecular weight excluding hydrogens is 356 g/mol. The van der Waals surface area contributed by atoms with E-state index in [-0.39, 0.29) is 24.9 Å². The number of nitrogens with zero attached hydrogens (tertiary/aromatic N) is 2. The van der Waals surface area contributed by atoms with Gasteiger partial charge in [-0.15, -0.1) is 0 Å². The average Bonchev–Trinajstić information content (AvgIpc) is 3.07. The number of rotatable bonds is 9. The molecule has 0 aliphatic heterocycles. The molecular formula is C21H24N4O3. The first-order valence-electron chi connectivity index (χ1n) is 9.22. The summed E-state index contributed by atoms with van der Waals surface area (Å²) in [7, 11) is 1.63. The van der Waals surface area contributed by atoms with Crippen molar-refractivity contribution in [2.45, 2.75) is 19.5 Å². The Hall–Kier alpha value is -3.19. The predicted octanol–water partition coefficient (Wildman–Crippen LogP) is 2.12. The van der Waals surface area contributed by atoms with Crippen molar-refractivity contribution in [2.75, 3.05) is 20.3 Å². The van der Waals surface area contributed by atoms with Crippen molar-refractivity contribution >= 4 is 22.8 Å². The molecule has 7 nitrogen and oxygen atoms in total. The molecule has 0 saturated heterocycles. The van der Waals surface area contributed by atoms with Gasteiger partial charge in [-0.05, 0) is 30.7 Å². The number of fused-ring (bicyclic) bond motifs is 1. The summed E-state index contributed by atoms with van der Waals surface area (Å²) in [6, 6.07) is 16.6. The van der Waals surface area contributed by atoms with Gasteiger partial charge in [-0.25, -0.2) is 4.98 Å². The van der Waals surface area contributed by atoms with Crippen LogP contribution < -0.4 is 10.6 Å². The molecule has 2 aromatic carbocycles. The molecule has 0 bridgehead atoms. The van der Waals surface area contributed by atoms with E-state index in [1.54, 1.807) is 19.2 Å². The van der Waals surface area contributed by atoms with Crippen LogP contribution in [0.25, 0.3) is 11.0 Å². The van der Waals surface area contributed by atoms with Crippen molar-refractivity contribution in [3.05, 3.63) is 66.0 Å². The lowest BCUT2D eigenvalue weighted by atomic mass is 10.2. The molecule has 0 atom stereocenters. The van der Waals surface area contributed by atoms with Crippen LogP contribution in [0, 0.1) is 0 Å². The lowest BCUT2D eigenvalue weighted by molar-refractivity contribution is -0.121. The number of ether oxygens (including phenoxy) is 1. The monoisotopic (exact) mass is 380 g/mol. The van der Waals surface area contributed by atoms with Gasteiger partial charge >= 0.3 is 0 Å². The van der Waals surface area contributed by atoms with Crippen LogP contribution in [-0.4, -0.2) is 41.6 Å². The minimum absolute atomic E-state index is 0.102. The fourth-order valence-electron chi connectivity index (χ4n) is 2.93. The zero-order valence-corrected chi connectivity index (χ0v) is 15.9. The summed E-state index contributed by atoms with van der Waals surface area (Å²) in [5.74, 6) is 0.357. The van der Waals surface area contributed by atoms with Crippen LogP contribution in [0.15, 0.2) is 54.6 Å². The standard InChI is InChI=1S/C21H24N4O3/c1-28-13-7-12-22-20(26)15-25-18-11-6-5-10-17(18)24-19(25)14-23-21(27)16-8-3-2-4-9-16/h2-6,8-11H,7,12-15H2,1H3,(H,22,26)(H,23,27). The van der Waals surface area contributed by atoms with E-state index in [9.17, 15) is 9.59 Å². The summed E-state index contributed by atoms with van der Waals surface area (Å²) >= 11 is 0. The second-order valence-electron chi connectivity index (χ2n) is 6.35. The van der Waals surface area contributed by atoms with Crippen LogP contribution in [-0.2, 0) is 22.6 Å². The molecule has 3 aromatic rings. The van der Waals surface area contributed by atoms with E-state index in [0.717, 1.165) is 17.5 Å². The highest BCUT2D eigenvalue weighted by molar-refractivity contribution is 5.94. The third-order valence-electron chi connectivity index (χ3n) is 4.33. The van der Waals surface area contributed by atoms with Crippen LogP contribution in [0.2, 0.25) is 0 Å². The molecule has 0 aliphatic rings. The fraction of sp³-hybridized carbons (Fsp3) is 0.286. The first-order chi connectivity index (χ1) is 13.7. The smallest absolute Gasteiger partial charge is 0.251 e. The second kappa shape index (κ2) is 9.66. The van der Waals surface area contributed by atoms with Gasteiger partial charge in [0.2, 0.25) is 5.91 Å². The highest BCUT2D eigenvalue weighted by Gasteiger charge is 2.14. The van der Waals surface area contributed by atoms with Crippen molar-refractivity contribution in [3.8, 4) is 0 Å². The molecule has 3 rings (SSSR count). The maximum Gasteiger partial charge on any atom is 0.251 e. The number of aromatic nitrogens is 2. The van der Waals surface area contributed by atoms with Crippen molar-refractivity contribution in [1.82, 2.24) is 20.2 Å². The van der Waals surface area contributed by atoms with E-state index < -0.39 is 0 Å². The van der Waals surface area contributed by atoms with Crippen LogP contribution >= 0.6 is 0 Å². The molecule has 2 N–H and O–H groups in total. The molecule has 0 unspecified atom stereocenters. The SMILES string of the molecule is COCCCNC(=O)Cn1c(CNC(=O)c2ccccc2)nc2ccccc21. The number of hydrogen-bond donors (Lipinski definition) is 2. The topological polar surface area (TPSA) is 85.2 Å². The van der Waals surface area contributed by atoms with Gasteiger partial charge < -0.3 is 19.9 Å². The number of imidazole rings is 1. The minimum Gasteiger partial charge on any atom is -0.385 e. The lowest BCUT2D eigenvalue weighted by Gasteiger charge is -2.11. The quantitative estimate of drug-likeness (QED) is 0.557. The molecule has 0 radical (unpaired) electrons. The number of methoxy groups -OCH3 is 1. The van der Waals surface area contributed by atoms with Gasteiger partial charge in [0.25, 0.3) is 5.91 Å². The molecule has 0 saturated carbocycles. The summed E-state index contributed by atoms with van der Waals surface area (Å²) in [5, 5.41) is 5.76. The van der Waals surface area contributed by atoms with Gasteiger partial charge in [0.1, 0.15) is 12.4 Å². The van der Waals surface area contributed by atoms with Gasteiger partial charge in [0, 0.05) is 25.8 Å². The van der Waals surface area contributed by atoms with Gasteiger partial charge in [-0.3, -0.25) is 9.59 Å². The zero-order chi connectivity index (χ0) is 19.8. The number of para-hydroxylation sites is 2. The number of amides is 2. The Morgan fingerprint density at radius 3 is 2.57 bits per heavy atom. The molecule has 146 valence electrons. The fourth-order valence-corrected chi connectivity index (χ4v) is 2.93. The normalized spacial score (nSPS) is 10.8. The van der Waals surface area contributed by atoms with E-state index >= 15 is 0 Å². The summed E-state index contributed by atoms with van der Waals surface area (Å²) in [6.45, 7) is 1.54. The zero-order valence-electron chi connectivity index (χ0n) is 15.9. The van der Waals surface area contributed by atoms with Crippen LogP contribution in [0.4, 0.5) is 0 Å². The molecule has 2 amide bonds. The van der Waals surface area contributed by atoms with E-state index in [2.05, 4.69) is 15.6 Å². The van der Waals surface area contributed by atoms with E-state index in [1.807, 2.05) is 47.0 Å². The number of nitrogens with one attached hydrogen (secondary N) is 2. The number of hydrogen-bond acceptors (Lipinski definition) is 4. The first-order valence-corrected chi connectivity index (χ1v) is 9.22. The van der Waals surface area contributed by atoms with Crippen LogP contribution in [0.1, 0.15) is 22.6 Å². The average molecular weight is 380 g/mol. The van der Waals surface area contributed by atoms with E-state index in [1.165, 1.54) is 0 Å². The Labute approximate surface area is 163 Å². The minimum atomic E-state index is -0.178. The van der Waals surface area contributed by atoms with E-state index in [0.29, 0.717) is 24.5 Å². The van der Waals surface area contributed by atoms with Crippen molar-refractivity contribution in [2.24, 2.45) is 0 Å². The van der Waals surface area contributed by atoms with Crippen molar-refractivity contribution < 1.29 is 14.3 Å². The van der Waals surface area contributed by atoms with Crippen LogP contribution in [0.5, 0.6) is 0 Å². The van der Waals surface area contributed by atoms with E-state index in [4.69, 9.17) is 4.74 Å². The number of carbonyl (C=O) groups excluding carboxylic acids is 2. The van der Waals surface area contributed by atoms with Gasteiger partial charge in [-0.1, -0.05) is 30.3 Å². The largest absolute Gasteiger partial charge is 0.385 e. The third-order valence-corrected chi connectivity index (χ3v) is 4.33. The van der Waals surface area contributed by atoms with Crippen LogP contribution in [0.3, 0.4) is 0 Å². The van der Waals surface area contributed by atoms with Gasteiger partial charge in [-0.2, -0.15) is 0 Å². The molecule has 28 heavy (non-hydrogen) atoms. The Kier molecular flexibility index (Phi) is 6.75. The maximum absolute atomic E-state index is 12.3. The molecule has 0 fully saturated rings. The first kappa shape index (κ1) is 19.6. The maximum atomic E-state index is 12.3. The van der Waals surface area contributed by atoms with Crippen molar-refractivity contribution in [3.63, 3.8) is 0 Å². The summed E-state index contributed by atoms with van der Waals surface area (Å²) < 4.78 is 6.83. The molecule has 7 heteroatoms. The third kappa shape index (κ3) is 4.95. The molecule has 0 spiro atoms. The highest BCUT2D eigenvalue weighted by atomic mass is 16.5. The van der Waals surface area contributed by atoms with Crippen molar-refractivity contribution in [1.29, 1.82) is 0 Å². The second-order valence-corrected chi connectivity index (χ2v) is 6.35. The summed E-state index contributed by atoms with van der Waals surface area (Å²) in [5.41, 5.74) is 2.23. The van der Waals surface area contributed by atoms with Gasteiger partial charge in [0.05, 0.1) is 17.6 Å². The Morgan fingerprint density at radius 1 is 1.04 bits per heavy atom. The molecule has 1 heterocycles. The molecule has 1 aromatic heterocycles. The Bertz CT molecular complexity index is 937. The van der Waals surface area contributed by atoms with Gasteiger partial charge in [0.15, 0.2) is 0 Å². The number of benzene rings is 2. The Balaban J connectivity index is 1.71. The number of carbonyl (C=O) groups is 2. The summed E-state index contributed by atoms with van der Waals surface area (Å²) in [6.07, 6.45) is 0.757. The Morgan fingerprint density at radius 2 is 1.79 bits per heavy atom. The summed E-state index contributed by atoms with van der Waals surface area (Å²) in [4.78, 5) is 29.3. The lowest BCUT2D eigenvalue weighted by Crippen LogP contribution is -2.31. The highest BCUT2D eigenvalue weighted by Crippen LogP contribution is 2.16. The predicted molar refractivity (Wildman–Crippen MR) is 107 cm³/mol. The molecule has 0 aliphatic carbocycles.